The fourth-order valence-electron chi connectivity index (χ4n) is 0.844. The van der Waals surface area contributed by atoms with Gasteiger partial charge in [0.25, 0.3) is 0 Å². The van der Waals surface area contributed by atoms with Crippen LogP contribution in [0.25, 0.3) is 0 Å². The molecule has 92 valence electrons. The molecule has 0 aliphatic carbocycles. The standard InChI is InChI=1S/C9H18O3.C2H6O/c1-3-5-6-7-8-12-9(10)11-4-2;1-3-2/h3-8H2,1-2H3;1-2H3. The highest BCUT2D eigenvalue weighted by Crippen LogP contribution is 1.99. The molecule has 0 aromatic carbocycles. The van der Waals surface area contributed by atoms with Crippen LogP contribution >= 0.6 is 0 Å². The van der Waals surface area contributed by atoms with Crippen molar-refractivity contribution in [2.24, 2.45) is 0 Å². The number of hydrogen-bond donors (Lipinski definition) is 0. The lowest BCUT2D eigenvalue weighted by Crippen LogP contribution is -2.07. The Balaban J connectivity index is 0. The summed E-state index contributed by atoms with van der Waals surface area (Å²) in [6, 6.07) is 0. The maximum Gasteiger partial charge on any atom is 0.508 e. The minimum atomic E-state index is -0.547. The third kappa shape index (κ3) is 19.6. The quantitative estimate of drug-likeness (QED) is 0.510. The van der Waals surface area contributed by atoms with E-state index in [0.717, 1.165) is 12.8 Å². The third-order valence-corrected chi connectivity index (χ3v) is 1.48. The van der Waals surface area contributed by atoms with E-state index in [0.29, 0.717) is 13.2 Å². The summed E-state index contributed by atoms with van der Waals surface area (Å²) in [5.41, 5.74) is 0. The zero-order chi connectivity index (χ0) is 11.9. The molecule has 0 rings (SSSR count). The number of carbonyl (C=O) groups is 1. The van der Waals surface area contributed by atoms with Gasteiger partial charge in [0.15, 0.2) is 0 Å². The summed E-state index contributed by atoms with van der Waals surface area (Å²) in [5.74, 6) is 0. The first kappa shape index (κ1) is 16.7. The van der Waals surface area contributed by atoms with Crippen LogP contribution in [-0.2, 0) is 14.2 Å². The summed E-state index contributed by atoms with van der Waals surface area (Å²) >= 11 is 0. The van der Waals surface area contributed by atoms with Crippen molar-refractivity contribution < 1.29 is 19.0 Å². The zero-order valence-corrected chi connectivity index (χ0v) is 10.4. The topological polar surface area (TPSA) is 44.8 Å². The molecule has 0 aliphatic rings. The van der Waals surface area contributed by atoms with Crippen LogP contribution in [0.5, 0.6) is 0 Å². The minimum absolute atomic E-state index is 0.383. The van der Waals surface area contributed by atoms with Gasteiger partial charge in [-0.1, -0.05) is 26.2 Å². The van der Waals surface area contributed by atoms with Gasteiger partial charge in [-0.15, -0.1) is 0 Å². The van der Waals surface area contributed by atoms with E-state index in [1.807, 2.05) is 0 Å². The monoisotopic (exact) mass is 220 g/mol. The molecule has 0 aromatic rings. The summed E-state index contributed by atoms with van der Waals surface area (Å²) in [7, 11) is 3.25. The number of unbranched alkanes of at least 4 members (excludes halogenated alkanes) is 3. The van der Waals surface area contributed by atoms with Gasteiger partial charge in [-0.2, -0.15) is 0 Å². The minimum Gasteiger partial charge on any atom is -0.435 e. The van der Waals surface area contributed by atoms with Gasteiger partial charge >= 0.3 is 6.16 Å². The molecule has 4 nitrogen and oxygen atoms in total. The van der Waals surface area contributed by atoms with Gasteiger partial charge < -0.3 is 14.2 Å². The molecule has 0 saturated carbocycles. The third-order valence-electron chi connectivity index (χ3n) is 1.48. The predicted octanol–water partition coefficient (Wildman–Crippen LogP) is 3.00. The SMILES string of the molecule is CCCCCCOC(=O)OCC.COC. The summed E-state index contributed by atoms with van der Waals surface area (Å²) < 4.78 is 13.6. The van der Waals surface area contributed by atoms with E-state index < -0.39 is 6.16 Å². The first-order chi connectivity index (χ1) is 7.22. The molecule has 0 heterocycles. The van der Waals surface area contributed by atoms with Gasteiger partial charge in [0.2, 0.25) is 0 Å². The Bertz CT molecular complexity index is 126. The van der Waals surface area contributed by atoms with Crippen molar-refractivity contribution >= 4 is 6.16 Å². The second kappa shape index (κ2) is 15.7. The average molecular weight is 220 g/mol. The first-order valence-corrected chi connectivity index (χ1v) is 5.42. The van der Waals surface area contributed by atoms with Crippen molar-refractivity contribution in [2.75, 3.05) is 27.4 Å². The Kier molecular flexibility index (Phi) is 17.4. The largest absolute Gasteiger partial charge is 0.508 e. The smallest absolute Gasteiger partial charge is 0.435 e. The zero-order valence-electron chi connectivity index (χ0n) is 10.4. The lowest BCUT2D eigenvalue weighted by Gasteiger charge is -2.03. The van der Waals surface area contributed by atoms with Crippen LogP contribution in [0.1, 0.15) is 39.5 Å². The van der Waals surface area contributed by atoms with Crippen molar-refractivity contribution in [1.82, 2.24) is 0 Å². The molecule has 0 aromatic heterocycles. The average Bonchev–Trinajstić information content (AvgIpc) is 2.19. The Morgan fingerprint density at radius 3 is 2.07 bits per heavy atom. The molecule has 0 N–H and O–H groups in total. The molecule has 0 radical (unpaired) electrons. The Morgan fingerprint density at radius 2 is 1.60 bits per heavy atom. The van der Waals surface area contributed by atoms with E-state index >= 15 is 0 Å². The summed E-state index contributed by atoms with van der Waals surface area (Å²) in [6.45, 7) is 4.77. The molecule has 0 aliphatic heterocycles. The number of carbonyl (C=O) groups excluding carboxylic acids is 1. The molecule has 15 heavy (non-hydrogen) atoms. The number of methoxy groups -OCH3 is 1. The van der Waals surface area contributed by atoms with Gasteiger partial charge in [-0.05, 0) is 13.3 Å². The number of ether oxygens (including phenoxy) is 3. The van der Waals surface area contributed by atoms with E-state index in [4.69, 9.17) is 4.74 Å². The van der Waals surface area contributed by atoms with Gasteiger partial charge in [0.05, 0.1) is 13.2 Å². The van der Waals surface area contributed by atoms with E-state index in [1.54, 1.807) is 21.1 Å². The number of rotatable bonds is 6. The second-order valence-corrected chi connectivity index (χ2v) is 3.00. The molecule has 0 spiro atoms. The van der Waals surface area contributed by atoms with Crippen molar-refractivity contribution in [3.8, 4) is 0 Å². The van der Waals surface area contributed by atoms with Crippen LogP contribution < -0.4 is 0 Å². The Morgan fingerprint density at radius 1 is 1.00 bits per heavy atom. The van der Waals surface area contributed by atoms with Crippen LogP contribution in [0.4, 0.5) is 4.79 Å². The summed E-state index contributed by atoms with van der Waals surface area (Å²) in [6.07, 6.45) is 3.91. The highest BCUT2D eigenvalue weighted by atomic mass is 16.7. The van der Waals surface area contributed by atoms with Crippen molar-refractivity contribution in [1.29, 1.82) is 0 Å². The first-order valence-electron chi connectivity index (χ1n) is 5.42. The van der Waals surface area contributed by atoms with Crippen LogP contribution in [0.2, 0.25) is 0 Å². The van der Waals surface area contributed by atoms with E-state index in [-0.39, 0.29) is 0 Å². The normalized spacial score (nSPS) is 8.80. The predicted molar refractivity (Wildman–Crippen MR) is 60.0 cm³/mol. The maximum atomic E-state index is 10.6. The van der Waals surface area contributed by atoms with Gasteiger partial charge in [0, 0.05) is 14.2 Å². The van der Waals surface area contributed by atoms with Gasteiger partial charge in [-0.25, -0.2) is 4.79 Å². The molecule has 0 saturated heterocycles. The summed E-state index contributed by atoms with van der Waals surface area (Å²) in [5, 5.41) is 0. The Labute approximate surface area is 92.9 Å². The molecular weight excluding hydrogens is 196 g/mol. The van der Waals surface area contributed by atoms with E-state index in [2.05, 4.69) is 16.4 Å². The highest BCUT2D eigenvalue weighted by Gasteiger charge is 1.99. The molecule has 4 heteroatoms. The fourth-order valence-corrected chi connectivity index (χ4v) is 0.844. The fraction of sp³-hybridized carbons (Fsp3) is 0.909. The van der Waals surface area contributed by atoms with Gasteiger partial charge in [-0.3, -0.25) is 0 Å². The number of hydrogen-bond acceptors (Lipinski definition) is 4. The molecule has 0 bridgehead atoms. The lowest BCUT2D eigenvalue weighted by atomic mass is 10.2. The van der Waals surface area contributed by atoms with Gasteiger partial charge in [0.1, 0.15) is 0 Å². The molecular formula is C11H24O4. The molecule has 0 amide bonds. The maximum absolute atomic E-state index is 10.6. The molecule has 0 fully saturated rings. The van der Waals surface area contributed by atoms with Crippen molar-refractivity contribution in [3.05, 3.63) is 0 Å². The lowest BCUT2D eigenvalue weighted by molar-refractivity contribution is 0.0578. The summed E-state index contributed by atoms with van der Waals surface area (Å²) in [4.78, 5) is 10.6. The second-order valence-electron chi connectivity index (χ2n) is 3.00. The van der Waals surface area contributed by atoms with E-state index in [1.165, 1.54) is 12.8 Å². The van der Waals surface area contributed by atoms with Crippen LogP contribution in [0.15, 0.2) is 0 Å². The molecule has 0 atom stereocenters. The van der Waals surface area contributed by atoms with Crippen LogP contribution in [0.3, 0.4) is 0 Å². The van der Waals surface area contributed by atoms with Crippen LogP contribution in [-0.4, -0.2) is 33.6 Å². The highest BCUT2D eigenvalue weighted by molar-refractivity contribution is 5.59. The van der Waals surface area contributed by atoms with E-state index in [9.17, 15) is 4.79 Å². The van der Waals surface area contributed by atoms with Crippen molar-refractivity contribution in [3.63, 3.8) is 0 Å². The van der Waals surface area contributed by atoms with Crippen molar-refractivity contribution in [2.45, 2.75) is 39.5 Å². The Hall–Kier alpha value is -0.770. The van der Waals surface area contributed by atoms with Crippen LogP contribution in [0, 0.1) is 0 Å². The molecule has 0 unspecified atom stereocenters.